The average Bonchev–Trinajstić information content (AvgIpc) is 2.97. The van der Waals surface area contributed by atoms with Gasteiger partial charge < -0.3 is 14.5 Å². The largest absolute Gasteiger partial charge is 0.497 e. The molecule has 0 unspecified atom stereocenters. The number of likely N-dealkylation sites (tertiary alicyclic amines) is 1. The van der Waals surface area contributed by atoms with Gasteiger partial charge in [-0.3, -0.25) is 9.69 Å². The molecule has 0 radical (unpaired) electrons. The fourth-order valence-corrected chi connectivity index (χ4v) is 4.68. The molecule has 5 nitrogen and oxygen atoms in total. The van der Waals surface area contributed by atoms with E-state index in [0.29, 0.717) is 22.9 Å². The van der Waals surface area contributed by atoms with E-state index in [4.69, 9.17) is 20.8 Å². The molecule has 1 fully saturated rings. The molecule has 0 bridgehead atoms. The lowest BCUT2D eigenvalue weighted by molar-refractivity contribution is 0.0907. The van der Waals surface area contributed by atoms with Crippen molar-refractivity contribution in [3.05, 3.63) is 63.9 Å². The van der Waals surface area contributed by atoms with E-state index in [1.165, 1.54) is 31.2 Å². The standard InChI is InChI=1S/C26H31ClN2O3/c1-17-14-24-21(15-22(17)27)18(2)25(32-24)26(30)28-16-23(29-12-6-4-5-7-13-29)19-8-10-20(31-3)11-9-19/h8-11,14-15,23H,4-7,12-13,16H2,1-3H3,(H,28,30)/t23-/m1/s1. The number of amides is 1. The first-order valence-electron chi connectivity index (χ1n) is 11.3. The third-order valence-corrected chi connectivity index (χ3v) is 6.87. The number of fused-ring (bicyclic) bond motifs is 1. The fraction of sp³-hybridized carbons (Fsp3) is 0.423. The van der Waals surface area contributed by atoms with Gasteiger partial charge in [0.15, 0.2) is 5.76 Å². The maximum Gasteiger partial charge on any atom is 0.287 e. The molecule has 1 N–H and O–H groups in total. The van der Waals surface area contributed by atoms with E-state index in [1.54, 1.807) is 7.11 Å². The molecule has 1 amide bonds. The van der Waals surface area contributed by atoms with Gasteiger partial charge in [-0.15, -0.1) is 0 Å². The van der Waals surface area contributed by atoms with Gasteiger partial charge in [0, 0.05) is 22.5 Å². The summed E-state index contributed by atoms with van der Waals surface area (Å²) < 4.78 is 11.3. The van der Waals surface area contributed by atoms with E-state index in [-0.39, 0.29) is 11.9 Å². The minimum absolute atomic E-state index is 0.101. The molecule has 1 saturated heterocycles. The van der Waals surface area contributed by atoms with Crippen LogP contribution in [0.5, 0.6) is 5.75 Å². The number of rotatable bonds is 6. The highest BCUT2D eigenvalue weighted by molar-refractivity contribution is 6.32. The molecule has 1 atom stereocenters. The van der Waals surface area contributed by atoms with Gasteiger partial charge in [0.1, 0.15) is 11.3 Å². The van der Waals surface area contributed by atoms with Gasteiger partial charge in [0.25, 0.3) is 5.91 Å². The maximum atomic E-state index is 13.1. The van der Waals surface area contributed by atoms with Crippen LogP contribution < -0.4 is 10.1 Å². The van der Waals surface area contributed by atoms with Crippen LogP contribution >= 0.6 is 11.6 Å². The first kappa shape index (κ1) is 22.7. The van der Waals surface area contributed by atoms with E-state index >= 15 is 0 Å². The number of nitrogens with zero attached hydrogens (tertiary/aromatic N) is 1. The van der Waals surface area contributed by atoms with Crippen molar-refractivity contribution in [3.63, 3.8) is 0 Å². The van der Waals surface area contributed by atoms with Gasteiger partial charge in [0.05, 0.1) is 13.2 Å². The Kier molecular flexibility index (Phi) is 7.07. The summed E-state index contributed by atoms with van der Waals surface area (Å²) in [6.45, 7) is 6.42. The number of aryl methyl sites for hydroxylation is 2. The van der Waals surface area contributed by atoms with Gasteiger partial charge in [-0.25, -0.2) is 0 Å². The molecule has 3 aromatic rings. The van der Waals surface area contributed by atoms with Crippen molar-refractivity contribution >= 4 is 28.5 Å². The molecular weight excluding hydrogens is 424 g/mol. The van der Waals surface area contributed by atoms with E-state index in [9.17, 15) is 4.79 Å². The Balaban J connectivity index is 1.56. The Hall–Kier alpha value is -2.50. The van der Waals surface area contributed by atoms with Crippen molar-refractivity contribution in [2.75, 3.05) is 26.7 Å². The topological polar surface area (TPSA) is 54.7 Å². The highest BCUT2D eigenvalue weighted by Crippen LogP contribution is 2.31. The van der Waals surface area contributed by atoms with Crippen molar-refractivity contribution in [1.29, 1.82) is 0 Å². The molecule has 170 valence electrons. The van der Waals surface area contributed by atoms with Crippen molar-refractivity contribution in [1.82, 2.24) is 10.2 Å². The Morgan fingerprint density at radius 1 is 1.12 bits per heavy atom. The van der Waals surface area contributed by atoms with Crippen LogP contribution in [-0.4, -0.2) is 37.6 Å². The zero-order valence-corrected chi connectivity index (χ0v) is 19.8. The van der Waals surface area contributed by atoms with Crippen LogP contribution in [0.1, 0.15) is 59.0 Å². The summed E-state index contributed by atoms with van der Waals surface area (Å²) in [4.78, 5) is 15.6. The van der Waals surface area contributed by atoms with Crippen LogP contribution in [0.3, 0.4) is 0 Å². The maximum absolute atomic E-state index is 13.1. The first-order chi connectivity index (χ1) is 15.5. The summed E-state index contributed by atoms with van der Waals surface area (Å²) in [7, 11) is 1.67. The van der Waals surface area contributed by atoms with Crippen molar-refractivity contribution < 1.29 is 13.9 Å². The predicted molar refractivity (Wildman–Crippen MR) is 129 cm³/mol. The summed E-state index contributed by atoms with van der Waals surface area (Å²) >= 11 is 6.28. The Morgan fingerprint density at radius 3 is 2.47 bits per heavy atom. The summed E-state index contributed by atoms with van der Waals surface area (Å²) in [6, 6.07) is 12.0. The zero-order valence-electron chi connectivity index (χ0n) is 19.0. The smallest absolute Gasteiger partial charge is 0.287 e. The van der Waals surface area contributed by atoms with E-state index in [1.807, 2.05) is 38.1 Å². The van der Waals surface area contributed by atoms with E-state index in [0.717, 1.165) is 35.4 Å². The average molecular weight is 455 g/mol. The number of benzene rings is 2. The number of nitrogens with one attached hydrogen (secondary N) is 1. The van der Waals surface area contributed by atoms with E-state index < -0.39 is 0 Å². The molecule has 1 aliphatic heterocycles. The molecule has 0 saturated carbocycles. The van der Waals surface area contributed by atoms with Crippen molar-refractivity contribution in [2.45, 2.75) is 45.6 Å². The van der Waals surface area contributed by atoms with Crippen LogP contribution in [0.25, 0.3) is 11.0 Å². The lowest BCUT2D eigenvalue weighted by atomic mass is 10.0. The van der Waals surface area contributed by atoms with Crippen LogP contribution in [0.4, 0.5) is 0 Å². The quantitative estimate of drug-likeness (QED) is 0.492. The molecule has 2 heterocycles. The number of methoxy groups -OCH3 is 1. The lowest BCUT2D eigenvalue weighted by Crippen LogP contribution is -2.38. The number of hydrogen-bond acceptors (Lipinski definition) is 4. The molecule has 6 heteroatoms. The summed E-state index contributed by atoms with van der Waals surface area (Å²) in [5.74, 6) is 0.992. The molecular formula is C26H31ClN2O3. The van der Waals surface area contributed by atoms with Crippen LogP contribution in [0.15, 0.2) is 40.8 Å². The number of halogens is 1. The van der Waals surface area contributed by atoms with Crippen LogP contribution in [-0.2, 0) is 0 Å². The second-order valence-corrected chi connectivity index (χ2v) is 9.01. The zero-order chi connectivity index (χ0) is 22.7. The number of carbonyl (C=O) groups excluding carboxylic acids is 1. The first-order valence-corrected chi connectivity index (χ1v) is 11.7. The Morgan fingerprint density at radius 2 is 1.81 bits per heavy atom. The molecule has 1 aromatic heterocycles. The van der Waals surface area contributed by atoms with Gasteiger partial charge in [0.2, 0.25) is 0 Å². The van der Waals surface area contributed by atoms with Gasteiger partial charge in [-0.2, -0.15) is 0 Å². The lowest BCUT2D eigenvalue weighted by Gasteiger charge is -2.31. The van der Waals surface area contributed by atoms with Gasteiger partial charge in [-0.1, -0.05) is 36.6 Å². The molecule has 0 spiro atoms. The molecule has 2 aromatic carbocycles. The van der Waals surface area contributed by atoms with Crippen molar-refractivity contribution in [3.8, 4) is 5.75 Å². The highest BCUT2D eigenvalue weighted by Gasteiger charge is 2.24. The molecule has 0 aliphatic carbocycles. The summed E-state index contributed by atoms with van der Waals surface area (Å²) in [5, 5.41) is 4.69. The highest BCUT2D eigenvalue weighted by atomic mass is 35.5. The van der Waals surface area contributed by atoms with Crippen LogP contribution in [0.2, 0.25) is 5.02 Å². The van der Waals surface area contributed by atoms with E-state index in [2.05, 4.69) is 22.3 Å². The summed E-state index contributed by atoms with van der Waals surface area (Å²) in [5.41, 5.74) is 3.61. The Labute approximate surface area is 194 Å². The van der Waals surface area contributed by atoms with Crippen LogP contribution in [0, 0.1) is 13.8 Å². The third kappa shape index (κ3) is 4.79. The van der Waals surface area contributed by atoms with Crippen molar-refractivity contribution in [2.24, 2.45) is 0 Å². The molecule has 32 heavy (non-hydrogen) atoms. The molecule has 4 rings (SSSR count). The number of carbonyl (C=O) groups is 1. The second-order valence-electron chi connectivity index (χ2n) is 8.60. The van der Waals surface area contributed by atoms with Gasteiger partial charge >= 0.3 is 0 Å². The monoisotopic (exact) mass is 454 g/mol. The SMILES string of the molecule is COc1ccc([C@@H](CNC(=O)c2oc3cc(C)c(Cl)cc3c2C)N2CCCCCC2)cc1. The van der Waals surface area contributed by atoms with Gasteiger partial charge in [-0.05, 0) is 75.2 Å². The molecule has 1 aliphatic rings. The fourth-order valence-electron chi connectivity index (χ4n) is 4.52. The number of furan rings is 1. The summed E-state index contributed by atoms with van der Waals surface area (Å²) in [6.07, 6.45) is 4.89. The minimum Gasteiger partial charge on any atom is -0.497 e. The second kappa shape index (κ2) is 9.97. The third-order valence-electron chi connectivity index (χ3n) is 6.46. The number of ether oxygens (including phenoxy) is 1. The number of hydrogen-bond donors (Lipinski definition) is 1. The predicted octanol–water partition coefficient (Wildman–Crippen LogP) is 6.06. The Bertz CT molecular complexity index is 1080. The minimum atomic E-state index is -0.194. The normalized spacial score (nSPS) is 16.0.